The fourth-order valence-corrected chi connectivity index (χ4v) is 2.24. The molecule has 74 valence electrons. The molecule has 1 N–H and O–H groups in total. The van der Waals surface area contributed by atoms with Crippen LogP contribution in [0.5, 0.6) is 5.75 Å². The van der Waals surface area contributed by atoms with Crippen molar-refractivity contribution in [1.82, 2.24) is 0 Å². The maximum Gasteiger partial charge on any atom is 0.127 e. The highest BCUT2D eigenvalue weighted by atomic mass is 16.3. The second-order valence-corrected chi connectivity index (χ2v) is 3.83. The van der Waals surface area contributed by atoms with E-state index in [1.165, 1.54) is 11.1 Å². The molecule has 2 nitrogen and oxygen atoms in total. The van der Waals surface area contributed by atoms with Crippen LogP contribution in [0.4, 0.5) is 0 Å². The lowest BCUT2D eigenvalue weighted by Gasteiger charge is -2.09. The Morgan fingerprint density at radius 3 is 2.79 bits per heavy atom. The lowest BCUT2D eigenvalue weighted by Crippen LogP contribution is -1.93. The average molecular weight is 189 g/mol. The van der Waals surface area contributed by atoms with Crippen molar-refractivity contribution in [3.05, 3.63) is 28.3 Å². The normalized spacial score (nSPS) is 15.0. The topological polar surface area (TPSA) is 32.6 Å². The summed E-state index contributed by atoms with van der Waals surface area (Å²) in [6.07, 6.45) is 5.00. The number of fused-ring (bicyclic) bond motifs is 1. The first-order chi connectivity index (χ1) is 6.74. The number of aryl methyl sites for hydroxylation is 1. The molecule has 0 saturated carbocycles. The van der Waals surface area contributed by atoms with Gasteiger partial charge in [0.25, 0.3) is 0 Å². The van der Waals surface area contributed by atoms with Gasteiger partial charge in [-0.1, -0.05) is 0 Å². The predicted octanol–water partition coefficient (Wildman–Crippen LogP) is 2.24. The Bertz CT molecular complexity index is 394. The number of nitrogens with zero attached hydrogens (tertiary/aromatic N) is 1. The molecule has 0 amide bonds. The van der Waals surface area contributed by atoms with Crippen molar-refractivity contribution in [2.24, 2.45) is 4.99 Å². The molecule has 1 aliphatic carbocycles. The monoisotopic (exact) mass is 189 g/mol. The molecule has 0 unspecified atom stereocenters. The van der Waals surface area contributed by atoms with Crippen LogP contribution in [-0.4, -0.2) is 18.4 Å². The fraction of sp³-hybridized carbons (Fsp3) is 0.417. The van der Waals surface area contributed by atoms with Crippen LogP contribution in [0.15, 0.2) is 11.1 Å². The zero-order valence-electron chi connectivity index (χ0n) is 8.67. The van der Waals surface area contributed by atoms with E-state index in [1.54, 1.807) is 13.3 Å². The summed E-state index contributed by atoms with van der Waals surface area (Å²) in [6, 6.07) is 2.02. The number of hydrogen-bond acceptors (Lipinski definition) is 2. The van der Waals surface area contributed by atoms with E-state index < -0.39 is 0 Å². The van der Waals surface area contributed by atoms with Gasteiger partial charge in [-0.05, 0) is 48.9 Å². The molecule has 0 spiro atoms. The van der Waals surface area contributed by atoms with Gasteiger partial charge in [-0.25, -0.2) is 0 Å². The summed E-state index contributed by atoms with van der Waals surface area (Å²) >= 11 is 0. The van der Waals surface area contributed by atoms with Gasteiger partial charge in [0.1, 0.15) is 5.75 Å². The van der Waals surface area contributed by atoms with Gasteiger partial charge in [0, 0.05) is 18.8 Å². The van der Waals surface area contributed by atoms with Crippen LogP contribution in [0, 0.1) is 6.92 Å². The van der Waals surface area contributed by atoms with E-state index >= 15 is 0 Å². The van der Waals surface area contributed by atoms with E-state index in [-0.39, 0.29) is 0 Å². The highest BCUT2D eigenvalue weighted by Gasteiger charge is 2.18. The first-order valence-electron chi connectivity index (χ1n) is 5.00. The maximum absolute atomic E-state index is 9.97. The Morgan fingerprint density at radius 1 is 1.36 bits per heavy atom. The van der Waals surface area contributed by atoms with Crippen LogP contribution in [0.2, 0.25) is 0 Å². The van der Waals surface area contributed by atoms with Crippen LogP contribution >= 0.6 is 0 Å². The molecule has 0 saturated heterocycles. The Kier molecular flexibility index (Phi) is 2.28. The standard InChI is InChI=1S/C12H15NO/c1-8-6-9(7-13-2)12(14)11-5-3-4-10(8)11/h6-7,14H,3-5H2,1-2H3. The molecule has 0 fully saturated rings. The number of rotatable bonds is 1. The molecule has 1 aromatic carbocycles. The third-order valence-electron chi connectivity index (χ3n) is 2.89. The van der Waals surface area contributed by atoms with Crippen molar-refractivity contribution in [3.8, 4) is 5.75 Å². The Morgan fingerprint density at radius 2 is 2.07 bits per heavy atom. The summed E-state index contributed by atoms with van der Waals surface area (Å²) < 4.78 is 0. The summed E-state index contributed by atoms with van der Waals surface area (Å²) in [4.78, 5) is 3.95. The molecule has 14 heavy (non-hydrogen) atoms. The second kappa shape index (κ2) is 3.45. The molecule has 0 aliphatic heterocycles. The van der Waals surface area contributed by atoms with E-state index in [0.717, 1.165) is 30.4 Å². The Hall–Kier alpha value is -1.31. The number of phenols is 1. The molecule has 2 rings (SSSR count). The fourth-order valence-electron chi connectivity index (χ4n) is 2.24. The van der Waals surface area contributed by atoms with E-state index in [4.69, 9.17) is 0 Å². The largest absolute Gasteiger partial charge is 0.507 e. The van der Waals surface area contributed by atoms with Crippen LogP contribution < -0.4 is 0 Å². The third-order valence-corrected chi connectivity index (χ3v) is 2.89. The lowest BCUT2D eigenvalue weighted by atomic mass is 9.99. The highest BCUT2D eigenvalue weighted by Crippen LogP contribution is 2.34. The van der Waals surface area contributed by atoms with Crippen LogP contribution in [0.3, 0.4) is 0 Å². The first kappa shape index (κ1) is 9.25. The minimum absolute atomic E-state index is 0.439. The molecule has 0 bridgehead atoms. The van der Waals surface area contributed by atoms with E-state index in [1.807, 2.05) is 6.07 Å². The third kappa shape index (κ3) is 1.31. The number of aliphatic imine (C=N–C) groups is 1. The van der Waals surface area contributed by atoms with Crippen molar-refractivity contribution in [1.29, 1.82) is 0 Å². The summed E-state index contributed by atoms with van der Waals surface area (Å²) in [7, 11) is 1.72. The van der Waals surface area contributed by atoms with Gasteiger partial charge in [-0.15, -0.1) is 0 Å². The van der Waals surface area contributed by atoms with Gasteiger partial charge in [0.2, 0.25) is 0 Å². The van der Waals surface area contributed by atoms with E-state index in [0.29, 0.717) is 5.75 Å². The molecule has 1 aliphatic rings. The summed E-state index contributed by atoms with van der Waals surface area (Å²) in [5.41, 5.74) is 4.62. The van der Waals surface area contributed by atoms with Crippen LogP contribution in [-0.2, 0) is 12.8 Å². The zero-order valence-corrected chi connectivity index (χ0v) is 8.67. The van der Waals surface area contributed by atoms with Crippen molar-refractivity contribution in [2.75, 3.05) is 7.05 Å². The number of benzene rings is 1. The van der Waals surface area contributed by atoms with E-state index in [2.05, 4.69) is 11.9 Å². The van der Waals surface area contributed by atoms with Crippen molar-refractivity contribution >= 4 is 6.21 Å². The second-order valence-electron chi connectivity index (χ2n) is 3.83. The summed E-state index contributed by atoms with van der Waals surface area (Å²) in [5.74, 6) is 0.439. The molecule has 1 aromatic rings. The van der Waals surface area contributed by atoms with Crippen LogP contribution in [0.1, 0.15) is 28.7 Å². The summed E-state index contributed by atoms with van der Waals surface area (Å²) in [6.45, 7) is 2.11. The van der Waals surface area contributed by atoms with Gasteiger partial charge in [-0.3, -0.25) is 4.99 Å². The molecule has 0 atom stereocenters. The maximum atomic E-state index is 9.97. The average Bonchev–Trinajstić information content (AvgIpc) is 2.63. The van der Waals surface area contributed by atoms with Gasteiger partial charge >= 0.3 is 0 Å². The Balaban J connectivity index is 2.61. The van der Waals surface area contributed by atoms with Gasteiger partial charge in [0.15, 0.2) is 0 Å². The minimum Gasteiger partial charge on any atom is -0.507 e. The molecular weight excluding hydrogens is 174 g/mol. The number of aromatic hydroxyl groups is 1. The number of hydrogen-bond donors (Lipinski definition) is 1. The van der Waals surface area contributed by atoms with E-state index in [9.17, 15) is 5.11 Å². The molecule has 0 aromatic heterocycles. The molecular formula is C12H15NO. The smallest absolute Gasteiger partial charge is 0.127 e. The number of phenolic OH excluding ortho intramolecular Hbond substituents is 1. The van der Waals surface area contributed by atoms with Crippen molar-refractivity contribution in [3.63, 3.8) is 0 Å². The SMILES string of the molecule is CN=Cc1cc(C)c2c(c1O)CCC2. The lowest BCUT2D eigenvalue weighted by molar-refractivity contribution is 0.468. The van der Waals surface area contributed by atoms with Crippen molar-refractivity contribution < 1.29 is 5.11 Å². The van der Waals surface area contributed by atoms with Crippen molar-refractivity contribution in [2.45, 2.75) is 26.2 Å². The van der Waals surface area contributed by atoms with Gasteiger partial charge in [-0.2, -0.15) is 0 Å². The quantitative estimate of drug-likeness (QED) is 0.675. The Labute approximate surface area is 84.3 Å². The predicted molar refractivity (Wildman–Crippen MR) is 58.4 cm³/mol. The van der Waals surface area contributed by atoms with Gasteiger partial charge in [0.05, 0.1) is 0 Å². The molecule has 0 radical (unpaired) electrons. The highest BCUT2D eigenvalue weighted by molar-refractivity contribution is 5.85. The van der Waals surface area contributed by atoms with Crippen LogP contribution in [0.25, 0.3) is 0 Å². The summed E-state index contributed by atoms with van der Waals surface area (Å²) in [5, 5.41) is 9.97. The van der Waals surface area contributed by atoms with Gasteiger partial charge < -0.3 is 5.11 Å². The molecule has 2 heteroatoms. The zero-order chi connectivity index (χ0) is 10.1. The molecule has 0 heterocycles. The first-order valence-corrected chi connectivity index (χ1v) is 5.00. The minimum atomic E-state index is 0.439.